The number of carbonyl (C=O) groups excluding carboxylic acids is 8. The zero-order chi connectivity index (χ0) is 44.7. The zero-order valence-electron chi connectivity index (χ0n) is 35.0. The van der Waals surface area contributed by atoms with E-state index in [-0.39, 0.29) is 62.4 Å². The molecule has 0 unspecified atom stereocenters. The van der Waals surface area contributed by atoms with Crippen molar-refractivity contribution < 1.29 is 38.4 Å². The molecule has 59 heavy (non-hydrogen) atoms. The molecule has 0 bridgehead atoms. The summed E-state index contributed by atoms with van der Waals surface area (Å²) in [5.41, 5.74) is 22.3. The molecule has 19 heteroatoms. The molecule has 1 aromatic carbocycles. The van der Waals surface area contributed by atoms with Crippen LogP contribution in [-0.4, -0.2) is 96.5 Å². The van der Waals surface area contributed by atoms with E-state index in [2.05, 4.69) is 36.9 Å². The van der Waals surface area contributed by atoms with Crippen LogP contribution in [0.1, 0.15) is 92.1 Å². The monoisotopic (exact) mass is 828 g/mol. The van der Waals surface area contributed by atoms with E-state index < -0.39 is 84.0 Å². The summed E-state index contributed by atoms with van der Waals surface area (Å²) in [6.07, 6.45) is 3.77. The van der Waals surface area contributed by atoms with Crippen molar-refractivity contribution in [3.8, 4) is 0 Å². The third kappa shape index (κ3) is 21.4. The van der Waals surface area contributed by atoms with Crippen LogP contribution >= 0.6 is 0 Å². The van der Waals surface area contributed by atoms with Gasteiger partial charge in [-0.2, -0.15) is 0 Å². The summed E-state index contributed by atoms with van der Waals surface area (Å²) < 4.78 is 0. The van der Waals surface area contributed by atoms with Gasteiger partial charge >= 0.3 is 0 Å². The normalized spacial score (nSPS) is 14.2. The largest absolute Gasteiger partial charge is 0.370 e. The van der Waals surface area contributed by atoms with E-state index in [1.54, 1.807) is 13.0 Å². The van der Waals surface area contributed by atoms with Gasteiger partial charge in [-0.1, -0.05) is 78.3 Å². The van der Waals surface area contributed by atoms with E-state index in [4.69, 9.17) is 22.9 Å². The Kier molecular flexibility index (Phi) is 23.2. The molecule has 0 radical (unpaired) electrons. The van der Waals surface area contributed by atoms with E-state index in [0.29, 0.717) is 12.8 Å². The van der Waals surface area contributed by atoms with Gasteiger partial charge in [-0.15, -0.1) is 0 Å². The minimum Gasteiger partial charge on any atom is -0.370 e. The summed E-state index contributed by atoms with van der Waals surface area (Å²) in [6.45, 7) is 10.5. The number of nitrogens with two attached hydrogens (primary N) is 4. The highest BCUT2D eigenvalue weighted by Gasteiger charge is 2.32. The Morgan fingerprint density at radius 3 is 1.78 bits per heavy atom. The van der Waals surface area contributed by atoms with Crippen LogP contribution in [0.5, 0.6) is 0 Å². The molecular weight excluding hydrogens is 763 g/mol. The van der Waals surface area contributed by atoms with Crippen LogP contribution in [0, 0.1) is 17.8 Å². The molecule has 0 aromatic heterocycles. The molecule has 0 saturated heterocycles. The summed E-state index contributed by atoms with van der Waals surface area (Å²) in [5.74, 6) is -6.20. The fourth-order valence-electron chi connectivity index (χ4n) is 5.73. The van der Waals surface area contributed by atoms with Crippen molar-refractivity contribution in [1.29, 1.82) is 0 Å². The van der Waals surface area contributed by atoms with E-state index >= 15 is 0 Å². The van der Waals surface area contributed by atoms with Gasteiger partial charge in [-0.3, -0.25) is 43.3 Å². The molecule has 1 rings (SSSR count). The number of benzene rings is 1. The van der Waals surface area contributed by atoms with Crippen LogP contribution in [-0.2, 0) is 38.4 Å². The summed E-state index contributed by atoms with van der Waals surface area (Å²) >= 11 is 0. The van der Waals surface area contributed by atoms with Crippen molar-refractivity contribution in [3.63, 3.8) is 0 Å². The van der Waals surface area contributed by atoms with Crippen molar-refractivity contribution >= 4 is 59.3 Å². The lowest BCUT2D eigenvalue weighted by atomic mass is 9.96. The van der Waals surface area contributed by atoms with E-state index in [1.807, 2.05) is 65.0 Å². The number of hydrogen-bond donors (Lipinski definition) is 10. The van der Waals surface area contributed by atoms with Crippen LogP contribution in [0.15, 0.2) is 41.4 Å². The van der Waals surface area contributed by atoms with Crippen molar-refractivity contribution in [1.82, 2.24) is 31.9 Å². The van der Waals surface area contributed by atoms with Crippen LogP contribution < -0.4 is 54.8 Å². The van der Waals surface area contributed by atoms with Gasteiger partial charge in [0.1, 0.15) is 30.2 Å². The van der Waals surface area contributed by atoms with Crippen molar-refractivity contribution in [2.75, 3.05) is 13.1 Å². The third-order valence-corrected chi connectivity index (χ3v) is 9.06. The maximum absolute atomic E-state index is 13.7. The molecule has 0 aliphatic rings. The molecule has 0 aliphatic carbocycles. The highest BCUT2D eigenvalue weighted by atomic mass is 16.2. The quantitative estimate of drug-likeness (QED) is 0.0227. The number of hydrogen-bond acceptors (Lipinski definition) is 9. The van der Waals surface area contributed by atoms with Crippen LogP contribution in [0.2, 0.25) is 0 Å². The van der Waals surface area contributed by atoms with E-state index in [9.17, 15) is 38.4 Å². The Morgan fingerprint density at radius 2 is 1.24 bits per heavy atom. The van der Waals surface area contributed by atoms with Crippen molar-refractivity contribution in [2.24, 2.45) is 45.7 Å². The number of carbonyl (C=O) groups is 8. The van der Waals surface area contributed by atoms with Crippen LogP contribution in [0.3, 0.4) is 0 Å². The second kappa shape index (κ2) is 26.8. The van der Waals surface area contributed by atoms with Gasteiger partial charge in [0.15, 0.2) is 5.96 Å². The van der Waals surface area contributed by atoms with Gasteiger partial charge < -0.3 is 54.8 Å². The molecule has 0 aliphatic heterocycles. The van der Waals surface area contributed by atoms with Gasteiger partial charge in [-0.25, -0.2) is 0 Å². The number of nitrogens with one attached hydrogen (secondary N) is 6. The molecule has 1 aromatic rings. The zero-order valence-corrected chi connectivity index (χ0v) is 35.0. The molecule has 19 nitrogen and oxygen atoms in total. The lowest BCUT2D eigenvalue weighted by Gasteiger charge is -2.27. The molecule has 0 fully saturated rings. The number of nitrogens with zero attached hydrogens (tertiary/aromatic N) is 1. The molecule has 0 saturated carbocycles. The molecule has 14 N–H and O–H groups in total. The Balaban J connectivity index is 3.14. The Labute approximate surface area is 346 Å². The molecule has 0 heterocycles. The first-order valence-electron chi connectivity index (χ1n) is 19.9. The average Bonchev–Trinajstić information content (AvgIpc) is 3.16. The number of guanidine groups is 1. The lowest BCUT2D eigenvalue weighted by Crippen LogP contribution is -2.58. The first kappa shape index (κ1) is 51.0. The molecule has 6 atom stereocenters. The second-order valence-corrected chi connectivity index (χ2v) is 15.3. The minimum absolute atomic E-state index is 0.0173. The summed E-state index contributed by atoms with van der Waals surface area (Å²) in [6, 6.07) is 3.52. The fraction of sp³-hybridized carbons (Fsp3) is 0.575. The predicted octanol–water partition coefficient (Wildman–Crippen LogP) is -0.817. The topological polar surface area (TPSA) is 325 Å². The van der Waals surface area contributed by atoms with Gasteiger partial charge in [0.05, 0.1) is 6.54 Å². The maximum Gasteiger partial charge on any atom is 0.244 e. The number of amides is 8. The van der Waals surface area contributed by atoms with Crippen LogP contribution in [0.4, 0.5) is 0 Å². The molecule has 8 amide bonds. The summed E-state index contributed by atoms with van der Waals surface area (Å²) in [5, 5.41) is 15.7. The van der Waals surface area contributed by atoms with Gasteiger partial charge in [0.25, 0.3) is 0 Å². The number of rotatable bonds is 27. The Morgan fingerprint density at radius 1 is 0.678 bits per heavy atom. The van der Waals surface area contributed by atoms with Gasteiger partial charge in [-0.05, 0) is 61.5 Å². The summed E-state index contributed by atoms with van der Waals surface area (Å²) in [7, 11) is 0. The smallest absolute Gasteiger partial charge is 0.244 e. The third-order valence-electron chi connectivity index (χ3n) is 9.06. The Hall–Kier alpha value is -6.01. The molecule has 0 spiro atoms. The first-order valence-corrected chi connectivity index (χ1v) is 19.9. The van der Waals surface area contributed by atoms with Crippen molar-refractivity contribution in [3.05, 3.63) is 42.0 Å². The lowest BCUT2D eigenvalue weighted by molar-refractivity contribution is -0.134. The standard InChI is InChI=1S/C40H65N11O8/c1-7-25(6)34(51-38(58)29(20-23(2)3)48-32(53)18-15-26-12-9-8-10-13-26)39(59)46-22-33(54)47-28(14-11-19-45-40(43)44)36(56)50-30(21-24(4)5)37(57)49-27(35(42)55)16-17-31(41)52/h8-10,12-13,15,18,23-25,27-30,34H,7,11,14,16-17,19-22H2,1-6H3,(H2,41,52)(H2,42,55)(H,46,59)(H,47,54)(H,48,53)(H,49,57)(H,50,56)(H,51,58)(H4,43,44,45)/b18-15+/t25-,27-,28-,29-,30-,34-/m0/s1. The van der Waals surface area contributed by atoms with Crippen molar-refractivity contribution in [2.45, 2.75) is 117 Å². The SMILES string of the molecule is CC[C@H](C)[C@H](NC(=O)[C@H](CC(C)C)NC(=O)/C=C/c1ccccc1)C(=O)NCC(=O)N[C@@H](CCCN=C(N)N)C(=O)N[C@@H](CC(C)C)C(=O)N[C@@H](CCC(N)=O)C(N)=O. The highest BCUT2D eigenvalue weighted by Crippen LogP contribution is 2.12. The number of aliphatic imine (C=N–C) groups is 1. The van der Waals surface area contributed by atoms with Crippen LogP contribution in [0.25, 0.3) is 6.08 Å². The molecular formula is C40H65N11O8. The van der Waals surface area contributed by atoms with E-state index in [0.717, 1.165) is 5.56 Å². The Bertz CT molecular complexity index is 1630. The maximum atomic E-state index is 13.7. The first-order chi connectivity index (χ1) is 27.7. The highest BCUT2D eigenvalue weighted by molar-refractivity contribution is 5.98. The molecule has 328 valence electrons. The minimum atomic E-state index is -1.23. The van der Waals surface area contributed by atoms with Gasteiger partial charge in [0.2, 0.25) is 47.3 Å². The number of primary amides is 2. The fourth-order valence-corrected chi connectivity index (χ4v) is 5.73. The van der Waals surface area contributed by atoms with Gasteiger partial charge in [0, 0.05) is 19.0 Å². The predicted molar refractivity (Wildman–Crippen MR) is 224 cm³/mol. The summed E-state index contributed by atoms with van der Waals surface area (Å²) in [4.78, 5) is 107. The second-order valence-electron chi connectivity index (χ2n) is 15.3. The van der Waals surface area contributed by atoms with E-state index in [1.165, 1.54) is 6.08 Å². The average molecular weight is 828 g/mol.